The second kappa shape index (κ2) is 5.66. The Morgan fingerprint density at radius 3 is 2.74 bits per heavy atom. The first-order valence-electron chi connectivity index (χ1n) is 5.84. The molecule has 0 bridgehead atoms. The molecular weight excluding hydrogens is 280 g/mol. The largest absolute Gasteiger partial charge is 0.331 e. The predicted molar refractivity (Wildman–Crippen MR) is 78.8 cm³/mol. The molecule has 2 N–H and O–H groups in total. The lowest BCUT2D eigenvalue weighted by molar-refractivity contribution is 0.251. The Hall–Kier alpha value is -1.47. The summed E-state index contributed by atoms with van der Waals surface area (Å²) in [5.74, 6) is 0. The van der Waals surface area contributed by atoms with Crippen LogP contribution >= 0.6 is 22.7 Å². The summed E-state index contributed by atoms with van der Waals surface area (Å²) in [5, 5.41) is 8.85. The van der Waals surface area contributed by atoms with Gasteiger partial charge in [-0.3, -0.25) is 5.32 Å². The van der Waals surface area contributed by atoms with E-state index in [1.54, 1.807) is 12.4 Å². The fourth-order valence-electron chi connectivity index (χ4n) is 1.32. The number of hydrogen-bond acceptors (Lipinski definition) is 5. The van der Waals surface area contributed by atoms with Crippen LogP contribution in [0.25, 0.3) is 0 Å². The molecule has 0 unspecified atom stereocenters. The van der Waals surface area contributed by atoms with Gasteiger partial charge in [-0.1, -0.05) is 20.8 Å². The van der Waals surface area contributed by atoms with Crippen molar-refractivity contribution in [3.63, 3.8) is 0 Å². The van der Waals surface area contributed by atoms with Crippen molar-refractivity contribution in [3.05, 3.63) is 27.7 Å². The topological polar surface area (TPSA) is 66.9 Å². The number of carbonyl (C=O) groups excluding carboxylic acids is 1. The molecule has 2 aromatic rings. The fourth-order valence-corrected chi connectivity index (χ4v) is 2.74. The van der Waals surface area contributed by atoms with Gasteiger partial charge in [-0.05, 0) is 5.41 Å². The van der Waals surface area contributed by atoms with Gasteiger partial charge >= 0.3 is 6.03 Å². The molecule has 19 heavy (non-hydrogen) atoms. The summed E-state index contributed by atoms with van der Waals surface area (Å²) in [6.45, 7) is 6.79. The molecule has 0 aliphatic rings. The van der Waals surface area contributed by atoms with Gasteiger partial charge in [-0.2, -0.15) is 0 Å². The van der Waals surface area contributed by atoms with Gasteiger partial charge in [0.1, 0.15) is 5.01 Å². The van der Waals surface area contributed by atoms with Crippen LogP contribution in [0.4, 0.5) is 9.93 Å². The van der Waals surface area contributed by atoms with Crippen LogP contribution in [0, 0.1) is 0 Å². The monoisotopic (exact) mass is 296 g/mol. The van der Waals surface area contributed by atoms with Crippen molar-refractivity contribution in [2.45, 2.75) is 32.7 Å². The molecular formula is C12H16N4OS2. The molecule has 102 valence electrons. The van der Waals surface area contributed by atoms with Crippen molar-refractivity contribution in [3.8, 4) is 0 Å². The van der Waals surface area contributed by atoms with Gasteiger partial charge in [-0.25, -0.2) is 14.8 Å². The molecule has 0 atom stereocenters. The average molecular weight is 296 g/mol. The summed E-state index contributed by atoms with van der Waals surface area (Å²) >= 11 is 3.01. The molecule has 0 saturated heterocycles. The minimum absolute atomic E-state index is 0.0506. The number of anilines is 1. The Balaban J connectivity index is 1.87. The van der Waals surface area contributed by atoms with Crippen LogP contribution in [-0.4, -0.2) is 16.0 Å². The van der Waals surface area contributed by atoms with E-state index in [2.05, 4.69) is 41.4 Å². The Morgan fingerprint density at radius 1 is 1.37 bits per heavy atom. The lowest BCUT2D eigenvalue weighted by atomic mass is 9.96. The lowest BCUT2D eigenvalue weighted by Gasteiger charge is -2.14. The number of thiazole rings is 2. The molecule has 0 aliphatic carbocycles. The van der Waals surface area contributed by atoms with Gasteiger partial charge in [0.15, 0.2) is 5.13 Å². The van der Waals surface area contributed by atoms with Crippen molar-refractivity contribution in [2.24, 2.45) is 0 Å². The third-order valence-electron chi connectivity index (χ3n) is 2.35. The van der Waals surface area contributed by atoms with Gasteiger partial charge in [0.2, 0.25) is 0 Å². The molecule has 2 aromatic heterocycles. The zero-order chi connectivity index (χ0) is 13.9. The predicted octanol–water partition coefficient (Wildman–Crippen LogP) is 3.22. The molecule has 5 nitrogen and oxygen atoms in total. The molecule has 2 amide bonds. The van der Waals surface area contributed by atoms with Crippen molar-refractivity contribution < 1.29 is 4.79 Å². The highest BCUT2D eigenvalue weighted by molar-refractivity contribution is 7.15. The highest BCUT2D eigenvalue weighted by Crippen LogP contribution is 2.29. The number of nitrogens with one attached hydrogen (secondary N) is 2. The van der Waals surface area contributed by atoms with Gasteiger partial charge < -0.3 is 5.32 Å². The smallest absolute Gasteiger partial charge is 0.321 e. The van der Waals surface area contributed by atoms with Crippen molar-refractivity contribution in [2.75, 3.05) is 5.32 Å². The molecule has 0 radical (unpaired) electrons. The van der Waals surface area contributed by atoms with Crippen molar-refractivity contribution >= 4 is 33.8 Å². The van der Waals surface area contributed by atoms with E-state index in [9.17, 15) is 4.79 Å². The molecule has 7 heteroatoms. The highest BCUT2D eigenvalue weighted by atomic mass is 32.1. The summed E-state index contributed by atoms with van der Waals surface area (Å²) in [6.07, 6.45) is 3.52. The van der Waals surface area contributed by atoms with E-state index in [0.29, 0.717) is 11.7 Å². The number of hydrogen-bond donors (Lipinski definition) is 2. The number of urea groups is 1. The van der Waals surface area contributed by atoms with Gasteiger partial charge in [0.25, 0.3) is 0 Å². The maximum atomic E-state index is 11.7. The van der Waals surface area contributed by atoms with Crippen molar-refractivity contribution in [1.82, 2.24) is 15.3 Å². The molecule has 0 aromatic carbocycles. The van der Waals surface area contributed by atoms with E-state index in [1.165, 1.54) is 22.7 Å². The van der Waals surface area contributed by atoms with E-state index < -0.39 is 0 Å². The molecule has 0 spiro atoms. The summed E-state index contributed by atoms with van der Waals surface area (Å²) in [4.78, 5) is 21.1. The summed E-state index contributed by atoms with van der Waals surface area (Å²) in [7, 11) is 0. The molecule has 2 rings (SSSR count). The third-order valence-corrected chi connectivity index (χ3v) is 4.47. The van der Waals surface area contributed by atoms with Crippen LogP contribution in [0.5, 0.6) is 0 Å². The van der Waals surface area contributed by atoms with Gasteiger partial charge in [0.05, 0.1) is 6.54 Å². The van der Waals surface area contributed by atoms with E-state index >= 15 is 0 Å². The Labute approximate surface area is 120 Å². The maximum absolute atomic E-state index is 11.7. The zero-order valence-corrected chi connectivity index (χ0v) is 12.7. The Kier molecular flexibility index (Phi) is 4.16. The number of carbonyl (C=O) groups is 1. The first-order valence-corrected chi connectivity index (χ1v) is 7.54. The van der Waals surface area contributed by atoms with Crippen LogP contribution in [0.3, 0.4) is 0 Å². The van der Waals surface area contributed by atoms with Gasteiger partial charge in [0, 0.05) is 22.7 Å². The van der Waals surface area contributed by atoms with Crippen molar-refractivity contribution in [1.29, 1.82) is 0 Å². The second-order valence-electron chi connectivity index (χ2n) is 5.01. The minimum atomic E-state index is -0.259. The highest BCUT2D eigenvalue weighted by Gasteiger charge is 2.17. The quantitative estimate of drug-likeness (QED) is 0.914. The van der Waals surface area contributed by atoms with Crippen LogP contribution in [0.2, 0.25) is 0 Å². The Bertz CT molecular complexity index is 542. The summed E-state index contributed by atoms with van der Waals surface area (Å²) < 4.78 is 0. The van der Waals surface area contributed by atoms with E-state index in [0.717, 1.165) is 9.88 Å². The number of rotatable bonds is 3. The SMILES string of the molecule is CC(C)(C)c1cnc(NC(=O)NCc2nccs2)s1. The first kappa shape index (κ1) is 14.0. The average Bonchev–Trinajstić information content (AvgIpc) is 2.95. The number of nitrogens with zero attached hydrogens (tertiary/aromatic N) is 2. The van der Waals surface area contributed by atoms with E-state index in [4.69, 9.17) is 0 Å². The molecule has 0 saturated carbocycles. The fraction of sp³-hybridized carbons (Fsp3) is 0.417. The lowest BCUT2D eigenvalue weighted by Crippen LogP contribution is -2.28. The Morgan fingerprint density at radius 2 is 2.16 bits per heavy atom. The third kappa shape index (κ3) is 4.00. The minimum Gasteiger partial charge on any atom is -0.331 e. The van der Waals surface area contributed by atoms with E-state index in [-0.39, 0.29) is 11.4 Å². The van der Waals surface area contributed by atoms with Crippen LogP contribution < -0.4 is 10.6 Å². The number of aromatic nitrogens is 2. The van der Waals surface area contributed by atoms with E-state index in [1.807, 2.05) is 5.38 Å². The molecule has 2 heterocycles. The van der Waals surface area contributed by atoms with Gasteiger partial charge in [-0.15, -0.1) is 22.7 Å². The zero-order valence-electron chi connectivity index (χ0n) is 11.1. The molecule has 0 aliphatic heterocycles. The first-order chi connectivity index (χ1) is 8.95. The van der Waals surface area contributed by atoms with Crippen LogP contribution in [0.15, 0.2) is 17.8 Å². The number of amides is 2. The molecule has 0 fully saturated rings. The summed E-state index contributed by atoms with van der Waals surface area (Å²) in [5.41, 5.74) is 0.0506. The van der Waals surface area contributed by atoms with Crippen LogP contribution in [-0.2, 0) is 12.0 Å². The van der Waals surface area contributed by atoms with Crippen LogP contribution in [0.1, 0.15) is 30.7 Å². The second-order valence-corrected chi connectivity index (χ2v) is 7.02. The normalized spacial score (nSPS) is 11.3. The summed E-state index contributed by atoms with van der Waals surface area (Å²) in [6, 6.07) is -0.259. The standard InChI is InChI=1S/C12H16N4OS2/c1-12(2,3)8-6-15-11(19-8)16-10(17)14-7-9-13-4-5-18-9/h4-6H,7H2,1-3H3,(H2,14,15,16,17). The maximum Gasteiger partial charge on any atom is 0.321 e.